The van der Waals surface area contributed by atoms with Gasteiger partial charge in [-0.15, -0.1) is 0 Å². The molecular weight excluding hydrogens is 188 g/mol. The van der Waals surface area contributed by atoms with Crippen molar-refractivity contribution in [3.05, 3.63) is 0 Å². The molecule has 1 heterocycles. The minimum atomic E-state index is 0.615. The highest BCUT2D eigenvalue weighted by atomic mass is 16.5. The third kappa shape index (κ3) is 3.16. The molecule has 2 fully saturated rings. The largest absolute Gasteiger partial charge is 0.380 e. The standard InChI is InChI=1S/C12H24N2O/c1-14(2)12-6-5-10(8-12)13-11-4-3-7-15-9-11/h10-13H,3-9H2,1-2H3. The van der Waals surface area contributed by atoms with Crippen molar-refractivity contribution < 1.29 is 4.74 Å². The van der Waals surface area contributed by atoms with Gasteiger partial charge in [-0.2, -0.15) is 0 Å². The average Bonchev–Trinajstić information content (AvgIpc) is 2.68. The van der Waals surface area contributed by atoms with E-state index in [4.69, 9.17) is 4.74 Å². The van der Waals surface area contributed by atoms with E-state index in [0.717, 1.165) is 25.3 Å². The van der Waals surface area contributed by atoms with Gasteiger partial charge in [0.15, 0.2) is 0 Å². The van der Waals surface area contributed by atoms with E-state index in [1.54, 1.807) is 0 Å². The normalized spacial score (nSPS) is 37.4. The molecule has 1 saturated carbocycles. The number of hydrogen-bond acceptors (Lipinski definition) is 3. The molecule has 1 saturated heterocycles. The van der Waals surface area contributed by atoms with Crippen LogP contribution in [0.3, 0.4) is 0 Å². The van der Waals surface area contributed by atoms with Crippen LogP contribution in [0.15, 0.2) is 0 Å². The Hall–Kier alpha value is -0.120. The van der Waals surface area contributed by atoms with Crippen molar-refractivity contribution in [3.8, 4) is 0 Å². The average molecular weight is 212 g/mol. The first-order valence-electron chi connectivity index (χ1n) is 6.26. The Bertz CT molecular complexity index is 190. The van der Waals surface area contributed by atoms with E-state index >= 15 is 0 Å². The molecule has 3 heteroatoms. The van der Waals surface area contributed by atoms with Crippen molar-refractivity contribution >= 4 is 0 Å². The molecule has 0 aromatic heterocycles. The van der Waals surface area contributed by atoms with E-state index in [-0.39, 0.29) is 0 Å². The summed E-state index contributed by atoms with van der Waals surface area (Å²) in [4.78, 5) is 2.36. The lowest BCUT2D eigenvalue weighted by molar-refractivity contribution is 0.0663. The lowest BCUT2D eigenvalue weighted by Crippen LogP contribution is -2.42. The molecule has 1 aliphatic heterocycles. The molecule has 0 aromatic carbocycles. The molecule has 0 spiro atoms. The summed E-state index contributed by atoms with van der Waals surface area (Å²) in [7, 11) is 4.38. The first kappa shape index (κ1) is 11.4. The zero-order valence-electron chi connectivity index (χ0n) is 10.0. The van der Waals surface area contributed by atoms with E-state index in [2.05, 4.69) is 24.3 Å². The summed E-state index contributed by atoms with van der Waals surface area (Å²) in [6.45, 7) is 1.88. The first-order chi connectivity index (χ1) is 7.25. The van der Waals surface area contributed by atoms with Crippen LogP contribution in [0.1, 0.15) is 32.1 Å². The fourth-order valence-corrected chi connectivity index (χ4v) is 2.78. The van der Waals surface area contributed by atoms with E-state index in [1.165, 1.54) is 32.1 Å². The molecule has 0 bridgehead atoms. The smallest absolute Gasteiger partial charge is 0.0619 e. The second-order valence-corrected chi connectivity index (χ2v) is 5.21. The summed E-state index contributed by atoms with van der Waals surface area (Å²) in [6, 6.07) is 2.13. The predicted molar refractivity (Wildman–Crippen MR) is 62.1 cm³/mol. The molecule has 2 aliphatic rings. The van der Waals surface area contributed by atoms with Crippen molar-refractivity contribution in [1.82, 2.24) is 10.2 Å². The fraction of sp³-hybridized carbons (Fsp3) is 1.00. The summed E-state index contributed by atoms with van der Waals surface area (Å²) in [5.74, 6) is 0. The maximum atomic E-state index is 5.49. The maximum absolute atomic E-state index is 5.49. The molecule has 1 aliphatic carbocycles. The van der Waals surface area contributed by atoms with Crippen LogP contribution >= 0.6 is 0 Å². The molecule has 3 nitrogen and oxygen atoms in total. The number of hydrogen-bond donors (Lipinski definition) is 1. The van der Waals surface area contributed by atoms with Crippen LogP contribution < -0.4 is 5.32 Å². The van der Waals surface area contributed by atoms with E-state index in [1.807, 2.05) is 0 Å². The number of nitrogens with one attached hydrogen (secondary N) is 1. The van der Waals surface area contributed by atoms with Gasteiger partial charge in [0, 0.05) is 24.7 Å². The Morgan fingerprint density at radius 1 is 1.13 bits per heavy atom. The second kappa shape index (κ2) is 5.28. The van der Waals surface area contributed by atoms with Gasteiger partial charge >= 0.3 is 0 Å². The van der Waals surface area contributed by atoms with Crippen molar-refractivity contribution in [2.24, 2.45) is 0 Å². The van der Waals surface area contributed by atoms with Crippen LogP contribution in [-0.4, -0.2) is 50.3 Å². The summed E-state index contributed by atoms with van der Waals surface area (Å²) in [5, 5.41) is 3.75. The summed E-state index contributed by atoms with van der Waals surface area (Å²) >= 11 is 0. The van der Waals surface area contributed by atoms with Crippen LogP contribution in [-0.2, 0) is 4.74 Å². The molecule has 2 rings (SSSR count). The summed E-state index contributed by atoms with van der Waals surface area (Å²) in [5.41, 5.74) is 0. The lowest BCUT2D eigenvalue weighted by Gasteiger charge is -2.27. The summed E-state index contributed by atoms with van der Waals surface area (Å²) < 4.78 is 5.49. The van der Waals surface area contributed by atoms with E-state index in [9.17, 15) is 0 Å². The zero-order chi connectivity index (χ0) is 10.7. The van der Waals surface area contributed by atoms with Gasteiger partial charge in [0.1, 0.15) is 0 Å². The Morgan fingerprint density at radius 2 is 2.00 bits per heavy atom. The van der Waals surface area contributed by atoms with Gasteiger partial charge < -0.3 is 15.0 Å². The Morgan fingerprint density at radius 3 is 2.60 bits per heavy atom. The molecule has 15 heavy (non-hydrogen) atoms. The minimum Gasteiger partial charge on any atom is -0.380 e. The molecule has 0 aromatic rings. The van der Waals surface area contributed by atoms with Crippen molar-refractivity contribution in [2.75, 3.05) is 27.3 Å². The lowest BCUT2D eigenvalue weighted by atomic mass is 10.1. The Balaban J connectivity index is 1.71. The maximum Gasteiger partial charge on any atom is 0.0619 e. The molecule has 3 unspecified atom stereocenters. The fourth-order valence-electron chi connectivity index (χ4n) is 2.78. The van der Waals surface area contributed by atoms with Gasteiger partial charge in [-0.25, -0.2) is 0 Å². The number of ether oxygens (including phenoxy) is 1. The highest BCUT2D eigenvalue weighted by Gasteiger charge is 2.27. The summed E-state index contributed by atoms with van der Waals surface area (Å²) in [6.07, 6.45) is 6.51. The van der Waals surface area contributed by atoms with Gasteiger partial charge in [-0.3, -0.25) is 0 Å². The van der Waals surface area contributed by atoms with Crippen LogP contribution in [0.25, 0.3) is 0 Å². The quantitative estimate of drug-likeness (QED) is 0.762. The monoisotopic (exact) mass is 212 g/mol. The predicted octanol–water partition coefficient (Wildman–Crippen LogP) is 1.24. The number of nitrogens with zero attached hydrogens (tertiary/aromatic N) is 1. The highest BCUT2D eigenvalue weighted by molar-refractivity contribution is 4.87. The zero-order valence-corrected chi connectivity index (χ0v) is 10.0. The van der Waals surface area contributed by atoms with Gasteiger partial charge in [0.05, 0.1) is 6.61 Å². The van der Waals surface area contributed by atoms with Crippen LogP contribution in [0.2, 0.25) is 0 Å². The molecule has 88 valence electrons. The Labute approximate surface area is 93.2 Å². The SMILES string of the molecule is CN(C)C1CCC(NC2CCCOC2)C1. The number of rotatable bonds is 3. The van der Waals surface area contributed by atoms with E-state index < -0.39 is 0 Å². The first-order valence-corrected chi connectivity index (χ1v) is 6.26. The van der Waals surface area contributed by atoms with Gasteiger partial charge in [0.25, 0.3) is 0 Å². The molecule has 0 radical (unpaired) electrons. The molecule has 3 atom stereocenters. The van der Waals surface area contributed by atoms with Crippen molar-refractivity contribution in [1.29, 1.82) is 0 Å². The topological polar surface area (TPSA) is 24.5 Å². The second-order valence-electron chi connectivity index (χ2n) is 5.21. The van der Waals surface area contributed by atoms with Crippen LogP contribution in [0, 0.1) is 0 Å². The third-order valence-corrected chi connectivity index (χ3v) is 3.77. The van der Waals surface area contributed by atoms with Gasteiger partial charge in [-0.1, -0.05) is 0 Å². The molecule has 0 amide bonds. The highest BCUT2D eigenvalue weighted by Crippen LogP contribution is 2.23. The van der Waals surface area contributed by atoms with Crippen molar-refractivity contribution in [2.45, 2.75) is 50.2 Å². The Kier molecular flexibility index (Phi) is 4.00. The van der Waals surface area contributed by atoms with Crippen molar-refractivity contribution in [3.63, 3.8) is 0 Å². The van der Waals surface area contributed by atoms with Crippen LogP contribution in [0.5, 0.6) is 0 Å². The third-order valence-electron chi connectivity index (χ3n) is 3.77. The molecular formula is C12H24N2O. The van der Waals surface area contributed by atoms with Crippen LogP contribution in [0.4, 0.5) is 0 Å². The van der Waals surface area contributed by atoms with Gasteiger partial charge in [0.2, 0.25) is 0 Å². The minimum absolute atomic E-state index is 0.615. The van der Waals surface area contributed by atoms with E-state index in [0.29, 0.717) is 6.04 Å². The molecule has 1 N–H and O–H groups in total. The van der Waals surface area contributed by atoms with Gasteiger partial charge in [-0.05, 0) is 46.2 Å².